The van der Waals surface area contributed by atoms with Crippen molar-refractivity contribution < 1.29 is 23.8 Å². The van der Waals surface area contributed by atoms with E-state index < -0.39 is 23.6 Å². The topological polar surface area (TPSA) is 86.0 Å². The fourth-order valence-electron chi connectivity index (χ4n) is 3.36. The summed E-state index contributed by atoms with van der Waals surface area (Å²) in [7, 11) is 0. The normalized spacial score (nSPS) is 18.3. The quantitative estimate of drug-likeness (QED) is 0.576. The third-order valence-electron chi connectivity index (χ3n) is 4.45. The molecule has 0 spiro atoms. The summed E-state index contributed by atoms with van der Waals surface area (Å²) in [6.45, 7) is 1.87. The summed E-state index contributed by atoms with van der Waals surface area (Å²) in [5.74, 6) is -1.15. The number of fused-ring (bicyclic) bond motifs is 3. The van der Waals surface area contributed by atoms with E-state index in [4.69, 9.17) is 13.9 Å². The molecule has 0 saturated heterocycles. The number of carbonyl (C=O) groups is 1. The Bertz CT molecular complexity index is 1050. The van der Waals surface area contributed by atoms with Gasteiger partial charge in [-0.3, -0.25) is 0 Å². The molecular formula is C20H16O6. The van der Waals surface area contributed by atoms with Gasteiger partial charge in [-0.1, -0.05) is 30.3 Å². The summed E-state index contributed by atoms with van der Waals surface area (Å²) >= 11 is 0. The molecule has 6 nitrogen and oxygen atoms in total. The van der Waals surface area contributed by atoms with Gasteiger partial charge < -0.3 is 19.0 Å². The molecule has 132 valence electrons. The zero-order valence-electron chi connectivity index (χ0n) is 14.0. The van der Waals surface area contributed by atoms with Gasteiger partial charge in [0.25, 0.3) is 0 Å². The van der Waals surface area contributed by atoms with Crippen molar-refractivity contribution in [2.24, 2.45) is 0 Å². The first-order valence-electron chi connectivity index (χ1n) is 8.28. The average Bonchev–Trinajstić information content (AvgIpc) is 3.04. The largest absolute Gasteiger partial charge is 0.508 e. The van der Waals surface area contributed by atoms with Crippen molar-refractivity contribution in [1.82, 2.24) is 0 Å². The second-order valence-electron chi connectivity index (χ2n) is 5.96. The third-order valence-corrected chi connectivity index (χ3v) is 4.45. The highest BCUT2D eigenvalue weighted by Gasteiger charge is 2.45. The molecule has 1 aliphatic heterocycles. The van der Waals surface area contributed by atoms with Gasteiger partial charge in [0.05, 0.1) is 23.5 Å². The Labute approximate surface area is 148 Å². The summed E-state index contributed by atoms with van der Waals surface area (Å²) in [5, 5.41) is 10.9. The molecule has 2 heterocycles. The smallest absolute Gasteiger partial charge is 0.348 e. The first kappa shape index (κ1) is 16.2. The number of esters is 1. The van der Waals surface area contributed by atoms with Crippen molar-refractivity contribution in [3.63, 3.8) is 0 Å². The van der Waals surface area contributed by atoms with Crippen LogP contribution in [0.15, 0.2) is 57.7 Å². The van der Waals surface area contributed by atoms with Gasteiger partial charge in [-0.05, 0) is 25.1 Å². The molecule has 0 radical (unpaired) electrons. The molecule has 1 N–H and O–H groups in total. The Kier molecular flexibility index (Phi) is 3.88. The van der Waals surface area contributed by atoms with Crippen LogP contribution in [0.3, 0.4) is 0 Å². The summed E-state index contributed by atoms with van der Waals surface area (Å²) in [5.41, 5.74) is 0.394. The summed E-state index contributed by atoms with van der Waals surface area (Å²) in [4.78, 5) is 25.2. The second-order valence-corrected chi connectivity index (χ2v) is 5.96. The third kappa shape index (κ3) is 2.42. The van der Waals surface area contributed by atoms with Crippen LogP contribution in [0, 0.1) is 0 Å². The molecule has 26 heavy (non-hydrogen) atoms. The number of phenolic OH excluding ortho intramolecular Hbond substituents is 1. The van der Waals surface area contributed by atoms with E-state index in [1.807, 2.05) is 0 Å². The predicted molar refractivity (Wildman–Crippen MR) is 93.5 cm³/mol. The number of hydrogen-bond donors (Lipinski definition) is 1. The maximum Gasteiger partial charge on any atom is 0.348 e. The van der Waals surface area contributed by atoms with Crippen LogP contribution in [-0.4, -0.2) is 23.8 Å². The summed E-state index contributed by atoms with van der Waals surface area (Å²) in [6, 6.07) is 13.5. The minimum absolute atomic E-state index is 0.0317. The van der Waals surface area contributed by atoms with E-state index in [-0.39, 0.29) is 17.9 Å². The maximum atomic E-state index is 12.7. The van der Waals surface area contributed by atoms with E-state index in [9.17, 15) is 14.7 Å². The van der Waals surface area contributed by atoms with Crippen LogP contribution in [0.2, 0.25) is 0 Å². The molecule has 2 atom stereocenters. The monoisotopic (exact) mass is 352 g/mol. The molecule has 6 heteroatoms. The van der Waals surface area contributed by atoms with Gasteiger partial charge in [0, 0.05) is 5.56 Å². The Hall–Kier alpha value is -3.28. The van der Waals surface area contributed by atoms with Crippen LogP contribution in [0.1, 0.15) is 24.0 Å². The molecule has 3 aromatic rings. The Balaban J connectivity index is 1.98. The van der Waals surface area contributed by atoms with Crippen molar-refractivity contribution >= 4 is 16.9 Å². The molecule has 4 rings (SSSR count). The molecule has 0 amide bonds. The molecule has 0 unspecified atom stereocenters. The van der Waals surface area contributed by atoms with E-state index in [2.05, 4.69) is 0 Å². The van der Waals surface area contributed by atoms with E-state index in [0.29, 0.717) is 22.3 Å². The number of carbonyl (C=O) groups excluding carboxylic acids is 1. The highest BCUT2D eigenvalue weighted by atomic mass is 16.6. The van der Waals surface area contributed by atoms with Gasteiger partial charge in [0.2, 0.25) is 6.10 Å². The van der Waals surface area contributed by atoms with Crippen molar-refractivity contribution in [2.75, 3.05) is 6.61 Å². The number of phenols is 1. The van der Waals surface area contributed by atoms with Gasteiger partial charge in [0.15, 0.2) is 0 Å². The lowest BCUT2D eigenvalue weighted by Gasteiger charge is -2.18. The molecule has 1 aliphatic rings. The van der Waals surface area contributed by atoms with Crippen LogP contribution >= 0.6 is 0 Å². The van der Waals surface area contributed by atoms with Crippen LogP contribution in [0.5, 0.6) is 11.5 Å². The number of rotatable bonds is 3. The average molecular weight is 352 g/mol. The van der Waals surface area contributed by atoms with Crippen LogP contribution in [-0.2, 0) is 9.53 Å². The lowest BCUT2D eigenvalue weighted by atomic mass is 9.88. The fraction of sp³-hybridized carbons (Fsp3) is 0.200. The molecule has 2 aromatic carbocycles. The SMILES string of the molecule is CCOC(=O)[C@@H]1Oc2c(c(=O)oc3ccccc23)[C@H]1c1ccccc1O. The highest BCUT2D eigenvalue weighted by Crippen LogP contribution is 2.46. The number of ether oxygens (including phenoxy) is 2. The Morgan fingerprint density at radius 3 is 2.65 bits per heavy atom. The minimum Gasteiger partial charge on any atom is -0.508 e. The zero-order valence-corrected chi connectivity index (χ0v) is 14.0. The van der Waals surface area contributed by atoms with Crippen molar-refractivity contribution in [3.8, 4) is 11.5 Å². The minimum atomic E-state index is -1.08. The number of para-hydroxylation sites is 2. The van der Waals surface area contributed by atoms with Gasteiger partial charge in [-0.25, -0.2) is 9.59 Å². The second kappa shape index (κ2) is 6.22. The number of hydrogen-bond acceptors (Lipinski definition) is 6. The Morgan fingerprint density at radius 2 is 1.88 bits per heavy atom. The van der Waals surface area contributed by atoms with E-state index in [1.165, 1.54) is 6.07 Å². The molecule has 0 fully saturated rings. The molecule has 0 aliphatic carbocycles. The van der Waals surface area contributed by atoms with Crippen molar-refractivity contribution in [2.45, 2.75) is 18.9 Å². The summed E-state index contributed by atoms with van der Waals surface area (Å²) in [6.07, 6.45) is -1.08. The van der Waals surface area contributed by atoms with Gasteiger partial charge >= 0.3 is 11.6 Å². The molecule has 0 saturated carbocycles. The van der Waals surface area contributed by atoms with Gasteiger partial charge in [-0.15, -0.1) is 0 Å². The van der Waals surface area contributed by atoms with E-state index in [0.717, 1.165) is 0 Å². The maximum absolute atomic E-state index is 12.7. The lowest BCUT2D eigenvalue weighted by Crippen LogP contribution is -2.32. The van der Waals surface area contributed by atoms with E-state index in [1.54, 1.807) is 49.4 Å². The Morgan fingerprint density at radius 1 is 1.15 bits per heavy atom. The van der Waals surface area contributed by atoms with Crippen LogP contribution < -0.4 is 10.4 Å². The van der Waals surface area contributed by atoms with Crippen molar-refractivity contribution in [1.29, 1.82) is 0 Å². The van der Waals surface area contributed by atoms with Crippen LogP contribution in [0.4, 0.5) is 0 Å². The van der Waals surface area contributed by atoms with E-state index >= 15 is 0 Å². The van der Waals surface area contributed by atoms with Gasteiger partial charge in [0.1, 0.15) is 17.1 Å². The molecular weight excluding hydrogens is 336 g/mol. The molecule has 0 bridgehead atoms. The standard InChI is InChI=1S/C20H16O6/c1-2-24-20(23)18-15(11-7-3-5-9-13(11)21)16-17(26-18)12-8-4-6-10-14(12)25-19(16)22/h3-10,15,18,21H,2H2,1H3/t15-,18-/m1/s1. The first-order valence-corrected chi connectivity index (χ1v) is 8.28. The van der Waals surface area contributed by atoms with Crippen molar-refractivity contribution in [3.05, 3.63) is 70.1 Å². The lowest BCUT2D eigenvalue weighted by molar-refractivity contribution is -0.151. The predicted octanol–water partition coefficient (Wildman–Crippen LogP) is 2.95. The fourth-order valence-corrected chi connectivity index (χ4v) is 3.36. The number of benzene rings is 2. The molecule has 1 aromatic heterocycles. The summed E-state index contributed by atoms with van der Waals surface area (Å²) < 4.78 is 16.4. The first-order chi connectivity index (χ1) is 12.6. The zero-order chi connectivity index (χ0) is 18.3. The number of aromatic hydroxyl groups is 1. The van der Waals surface area contributed by atoms with Gasteiger partial charge in [-0.2, -0.15) is 0 Å². The highest BCUT2D eigenvalue weighted by molar-refractivity contribution is 5.88. The van der Waals surface area contributed by atoms with Crippen LogP contribution in [0.25, 0.3) is 11.0 Å².